The van der Waals surface area contributed by atoms with Gasteiger partial charge in [0.2, 0.25) is 5.91 Å². The van der Waals surface area contributed by atoms with Crippen molar-refractivity contribution in [1.82, 2.24) is 15.5 Å². The molecule has 1 unspecified atom stereocenters. The highest BCUT2D eigenvalue weighted by atomic mass is 16.2. The zero-order chi connectivity index (χ0) is 12.7. The molecule has 1 aliphatic heterocycles. The summed E-state index contributed by atoms with van der Waals surface area (Å²) in [5.74, 6) is 0.686. The molecule has 17 heavy (non-hydrogen) atoms. The largest absolute Gasteiger partial charge is 0.355 e. The fraction of sp³-hybridized carbons (Fsp3) is 0.923. The van der Waals surface area contributed by atoms with E-state index < -0.39 is 0 Å². The number of carbonyl (C=O) groups excluding carboxylic acids is 1. The van der Waals surface area contributed by atoms with Crippen LogP contribution >= 0.6 is 0 Å². The number of nitrogens with zero attached hydrogens (tertiary/aromatic N) is 1. The van der Waals surface area contributed by atoms with E-state index in [1.54, 1.807) is 0 Å². The molecular formula is C13H27N3O. The molecular weight excluding hydrogens is 214 g/mol. The normalized spacial score (nSPS) is 21.8. The minimum absolute atomic E-state index is 0.163. The Hall–Kier alpha value is -0.610. The third-order valence-corrected chi connectivity index (χ3v) is 3.07. The number of hydrogen-bond acceptors (Lipinski definition) is 3. The number of amides is 1. The van der Waals surface area contributed by atoms with Crippen molar-refractivity contribution in [3.8, 4) is 0 Å². The molecule has 1 fully saturated rings. The van der Waals surface area contributed by atoms with E-state index in [0.29, 0.717) is 18.5 Å². The van der Waals surface area contributed by atoms with Crippen LogP contribution in [0.15, 0.2) is 0 Å². The Morgan fingerprint density at radius 1 is 1.47 bits per heavy atom. The minimum atomic E-state index is 0.163. The van der Waals surface area contributed by atoms with Crippen LogP contribution in [0.4, 0.5) is 0 Å². The molecule has 0 aromatic carbocycles. The Balaban J connectivity index is 2.23. The molecule has 0 spiro atoms. The van der Waals surface area contributed by atoms with Crippen LogP contribution in [0, 0.1) is 5.92 Å². The standard InChI is InChI=1S/C13H27N3O/c1-4-14-12-6-5-7-16(9-12)10-13(17)15-8-11(2)3/h11-12,14H,4-10H2,1-3H3,(H,15,17). The molecule has 1 amide bonds. The van der Waals surface area contributed by atoms with Crippen molar-refractivity contribution in [2.75, 3.05) is 32.7 Å². The van der Waals surface area contributed by atoms with Gasteiger partial charge in [-0.3, -0.25) is 9.69 Å². The summed E-state index contributed by atoms with van der Waals surface area (Å²) >= 11 is 0. The lowest BCUT2D eigenvalue weighted by Gasteiger charge is -2.32. The van der Waals surface area contributed by atoms with Crippen LogP contribution in [0.5, 0.6) is 0 Å². The van der Waals surface area contributed by atoms with Crippen LogP contribution < -0.4 is 10.6 Å². The Morgan fingerprint density at radius 3 is 2.88 bits per heavy atom. The lowest BCUT2D eigenvalue weighted by Crippen LogP contribution is -2.49. The summed E-state index contributed by atoms with van der Waals surface area (Å²) in [4.78, 5) is 14.0. The summed E-state index contributed by atoms with van der Waals surface area (Å²) in [5, 5.41) is 6.44. The topological polar surface area (TPSA) is 44.4 Å². The Labute approximate surface area is 105 Å². The smallest absolute Gasteiger partial charge is 0.234 e. The fourth-order valence-electron chi connectivity index (χ4n) is 2.23. The first-order chi connectivity index (χ1) is 8.11. The van der Waals surface area contributed by atoms with Crippen molar-refractivity contribution in [2.45, 2.75) is 39.7 Å². The first-order valence-electron chi connectivity index (χ1n) is 6.84. The lowest BCUT2D eigenvalue weighted by atomic mass is 10.1. The van der Waals surface area contributed by atoms with E-state index in [0.717, 1.165) is 26.2 Å². The van der Waals surface area contributed by atoms with Crippen molar-refractivity contribution >= 4 is 5.91 Å². The Morgan fingerprint density at radius 2 is 2.24 bits per heavy atom. The highest BCUT2D eigenvalue weighted by Gasteiger charge is 2.20. The van der Waals surface area contributed by atoms with Gasteiger partial charge in [-0.05, 0) is 31.8 Å². The molecule has 4 nitrogen and oxygen atoms in total. The molecule has 0 aromatic rings. The van der Waals surface area contributed by atoms with Gasteiger partial charge in [0.15, 0.2) is 0 Å². The third-order valence-electron chi connectivity index (χ3n) is 3.07. The van der Waals surface area contributed by atoms with E-state index in [1.165, 1.54) is 12.8 Å². The predicted octanol–water partition coefficient (Wildman–Crippen LogP) is 0.833. The summed E-state index contributed by atoms with van der Waals surface area (Å²) in [5.41, 5.74) is 0. The van der Waals surface area contributed by atoms with Gasteiger partial charge in [-0.15, -0.1) is 0 Å². The molecule has 0 bridgehead atoms. The van der Waals surface area contributed by atoms with Crippen LogP contribution in [-0.4, -0.2) is 49.6 Å². The second-order valence-electron chi connectivity index (χ2n) is 5.33. The third kappa shape index (κ3) is 6.03. The average molecular weight is 241 g/mol. The second-order valence-corrected chi connectivity index (χ2v) is 5.33. The minimum Gasteiger partial charge on any atom is -0.355 e. The molecule has 100 valence electrons. The zero-order valence-electron chi connectivity index (χ0n) is 11.5. The van der Waals surface area contributed by atoms with Crippen molar-refractivity contribution < 1.29 is 4.79 Å². The zero-order valence-corrected chi connectivity index (χ0v) is 11.5. The molecule has 0 aromatic heterocycles. The van der Waals surface area contributed by atoms with Crippen molar-refractivity contribution in [3.05, 3.63) is 0 Å². The molecule has 1 heterocycles. The van der Waals surface area contributed by atoms with Crippen LogP contribution in [0.3, 0.4) is 0 Å². The Bertz CT molecular complexity index is 229. The molecule has 1 atom stereocenters. The van der Waals surface area contributed by atoms with Crippen LogP contribution in [0.2, 0.25) is 0 Å². The van der Waals surface area contributed by atoms with Gasteiger partial charge in [0.1, 0.15) is 0 Å². The van der Waals surface area contributed by atoms with Gasteiger partial charge in [0, 0.05) is 19.1 Å². The first kappa shape index (κ1) is 14.5. The molecule has 0 radical (unpaired) electrons. The van der Waals surface area contributed by atoms with Gasteiger partial charge in [-0.25, -0.2) is 0 Å². The Kier molecular flexibility index (Phi) is 6.52. The lowest BCUT2D eigenvalue weighted by molar-refractivity contribution is -0.122. The predicted molar refractivity (Wildman–Crippen MR) is 71.0 cm³/mol. The van der Waals surface area contributed by atoms with Gasteiger partial charge < -0.3 is 10.6 Å². The van der Waals surface area contributed by atoms with Crippen molar-refractivity contribution in [2.24, 2.45) is 5.92 Å². The summed E-state index contributed by atoms with van der Waals surface area (Å²) in [7, 11) is 0. The van der Waals surface area contributed by atoms with E-state index in [9.17, 15) is 4.79 Å². The average Bonchev–Trinajstić information content (AvgIpc) is 2.27. The summed E-state index contributed by atoms with van der Waals surface area (Å²) in [6.45, 7) is 10.8. The number of rotatable bonds is 6. The van der Waals surface area contributed by atoms with E-state index in [4.69, 9.17) is 0 Å². The molecule has 4 heteroatoms. The maximum absolute atomic E-state index is 11.7. The monoisotopic (exact) mass is 241 g/mol. The van der Waals surface area contributed by atoms with Crippen molar-refractivity contribution in [1.29, 1.82) is 0 Å². The maximum Gasteiger partial charge on any atom is 0.234 e. The van der Waals surface area contributed by atoms with Crippen LogP contribution in [0.25, 0.3) is 0 Å². The van der Waals surface area contributed by atoms with E-state index >= 15 is 0 Å². The number of carbonyl (C=O) groups is 1. The number of piperidine rings is 1. The first-order valence-corrected chi connectivity index (χ1v) is 6.84. The summed E-state index contributed by atoms with van der Waals surface area (Å²) in [6, 6.07) is 0.562. The van der Waals surface area contributed by atoms with Crippen LogP contribution in [-0.2, 0) is 4.79 Å². The fourth-order valence-corrected chi connectivity index (χ4v) is 2.23. The van der Waals surface area contributed by atoms with Gasteiger partial charge in [0.25, 0.3) is 0 Å². The highest BCUT2D eigenvalue weighted by Crippen LogP contribution is 2.09. The molecule has 0 aliphatic carbocycles. The van der Waals surface area contributed by atoms with Gasteiger partial charge in [0.05, 0.1) is 6.54 Å². The summed E-state index contributed by atoms with van der Waals surface area (Å²) in [6.07, 6.45) is 2.42. The number of hydrogen-bond donors (Lipinski definition) is 2. The molecule has 1 rings (SSSR count). The van der Waals surface area contributed by atoms with E-state index in [-0.39, 0.29) is 5.91 Å². The van der Waals surface area contributed by atoms with Gasteiger partial charge in [-0.1, -0.05) is 20.8 Å². The van der Waals surface area contributed by atoms with E-state index in [1.807, 2.05) is 0 Å². The molecule has 1 aliphatic rings. The quantitative estimate of drug-likeness (QED) is 0.724. The second kappa shape index (κ2) is 7.67. The number of likely N-dealkylation sites (tertiary alicyclic amines) is 1. The van der Waals surface area contributed by atoms with Gasteiger partial charge >= 0.3 is 0 Å². The molecule has 1 saturated heterocycles. The SMILES string of the molecule is CCNC1CCCN(CC(=O)NCC(C)C)C1. The van der Waals surface area contributed by atoms with E-state index in [2.05, 4.69) is 36.3 Å². The number of likely N-dealkylation sites (N-methyl/N-ethyl adjacent to an activating group) is 1. The highest BCUT2D eigenvalue weighted by molar-refractivity contribution is 5.78. The molecule has 2 N–H and O–H groups in total. The summed E-state index contributed by atoms with van der Waals surface area (Å²) < 4.78 is 0. The van der Waals surface area contributed by atoms with Crippen molar-refractivity contribution in [3.63, 3.8) is 0 Å². The number of nitrogens with one attached hydrogen (secondary N) is 2. The van der Waals surface area contributed by atoms with Gasteiger partial charge in [-0.2, -0.15) is 0 Å². The molecule has 0 saturated carbocycles. The maximum atomic E-state index is 11.7. The van der Waals surface area contributed by atoms with Crippen LogP contribution in [0.1, 0.15) is 33.6 Å².